The van der Waals surface area contributed by atoms with Crippen molar-refractivity contribution in [3.63, 3.8) is 0 Å². The van der Waals surface area contributed by atoms with E-state index in [4.69, 9.17) is 0 Å². The molecule has 0 aromatic rings. The zero-order valence-electron chi connectivity index (χ0n) is 11.0. The minimum absolute atomic E-state index is 0.838. The molecule has 3 atom stereocenters. The van der Waals surface area contributed by atoms with Gasteiger partial charge in [-0.05, 0) is 58.2 Å². The molecule has 1 saturated heterocycles. The summed E-state index contributed by atoms with van der Waals surface area (Å²) in [7, 11) is 2.37. The summed E-state index contributed by atoms with van der Waals surface area (Å²) in [5.74, 6) is 0.949. The summed E-state index contributed by atoms with van der Waals surface area (Å²) in [6, 6.07) is 1.71. The molecule has 0 bridgehead atoms. The van der Waals surface area contributed by atoms with Crippen LogP contribution < -0.4 is 5.32 Å². The van der Waals surface area contributed by atoms with Crippen LogP contribution in [0.3, 0.4) is 0 Å². The Labute approximate surface area is 101 Å². The van der Waals surface area contributed by atoms with Crippen LogP contribution in [0.2, 0.25) is 0 Å². The van der Waals surface area contributed by atoms with Gasteiger partial charge in [0.05, 0.1) is 0 Å². The van der Waals surface area contributed by atoms with E-state index in [1.165, 1.54) is 58.0 Å². The van der Waals surface area contributed by atoms with Gasteiger partial charge in [-0.25, -0.2) is 0 Å². The second kappa shape index (κ2) is 6.02. The van der Waals surface area contributed by atoms with Crippen LogP contribution in [0.15, 0.2) is 0 Å². The standard InChI is InChI=1S/C14H28N2/c1-12-5-3-6-14(11-12)16(2)13-7-4-9-15-10-8-13/h12-15H,3-11H2,1-2H3. The average Bonchev–Trinajstić information content (AvgIpc) is 2.56. The Kier molecular flexibility index (Phi) is 4.66. The molecule has 1 aliphatic carbocycles. The maximum atomic E-state index is 3.52. The Bertz CT molecular complexity index is 195. The lowest BCUT2D eigenvalue weighted by atomic mass is 9.85. The average molecular weight is 224 g/mol. The molecule has 0 radical (unpaired) electrons. The SMILES string of the molecule is CC1CCCC(N(C)C2CCCNCC2)C1. The highest BCUT2D eigenvalue weighted by molar-refractivity contribution is 4.83. The maximum absolute atomic E-state index is 3.52. The van der Waals surface area contributed by atoms with Gasteiger partial charge in [0.2, 0.25) is 0 Å². The van der Waals surface area contributed by atoms with Gasteiger partial charge in [0.1, 0.15) is 0 Å². The van der Waals surface area contributed by atoms with Crippen molar-refractivity contribution < 1.29 is 0 Å². The van der Waals surface area contributed by atoms with E-state index in [9.17, 15) is 0 Å². The van der Waals surface area contributed by atoms with E-state index in [0.717, 1.165) is 18.0 Å². The monoisotopic (exact) mass is 224 g/mol. The predicted molar refractivity (Wildman–Crippen MR) is 69.7 cm³/mol. The molecule has 3 unspecified atom stereocenters. The van der Waals surface area contributed by atoms with Gasteiger partial charge in [-0.3, -0.25) is 0 Å². The fourth-order valence-electron chi connectivity index (χ4n) is 3.48. The summed E-state index contributed by atoms with van der Waals surface area (Å²) < 4.78 is 0. The van der Waals surface area contributed by atoms with Crippen LogP contribution in [-0.4, -0.2) is 37.1 Å². The lowest BCUT2D eigenvalue weighted by Crippen LogP contribution is -2.42. The fourth-order valence-corrected chi connectivity index (χ4v) is 3.48. The lowest BCUT2D eigenvalue weighted by molar-refractivity contribution is 0.110. The molecular formula is C14H28N2. The molecule has 0 spiro atoms. The summed E-state index contributed by atoms with van der Waals surface area (Å²) in [6.45, 7) is 4.87. The molecule has 0 aromatic heterocycles. The van der Waals surface area contributed by atoms with E-state index in [0.29, 0.717) is 0 Å². The fraction of sp³-hybridized carbons (Fsp3) is 1.00. The van der Waals surface area contributed by atoms with Gasteiger partial charge in [0.15, 0.2) is 0 Å². The topological polar surface area (TPSA) is 15.3 Å². The molecule has 1 heterocycles. The van der Waals surface area contributed by atoms with Gasteiger partial charge < -0.3 is 10.2 Å². The first-order chi connectivity index (χ1) is 7.77. The zero-order valence-corrected chi connectivity index (χ0v) is 11.0. The molecule has 2 nitrogen and oxygen atoms in total. The normalized spacial score (nSPS) is 37.3. The summed E-state index contributed by atoms with van der Waals surface area (Å²) >= 11 is 0. The van der Waals surface area contributed by atoms with E-state index < -0.39 is 0 Å². The first-order valence-electron chi connectivity index (χ1n) is 7.20. The molecule has 0 aromatic carbocycles. The van der Waals surface area contributed by atoms with Crippen molar-refractivity contribution in [3.05, 3.63) is 0 Å². The quantitative estimate of drug-likeness (QED) is 0.776. The van der Waals surface area contributed by atoms with Crippen LogP contribution in [0.25, 0.3) is 0 Å². The van der Waals surface area contributed by atoms with Gasteiger partial charge in [0, 0.05) is 12.1 Å². The number of nitrogens with zero attached hydrogens (tertiary/aromatic N) is 1. The highest BCUT2D eigenvalue weighted by atomic mass is 15.2. The van der Waals surface area contributed by atoms with Crippen LogP contribution >= 0.6 is 0 Å². The van der Waals surface area contributed by atoms with Crippen molar-refractivity contribution in [2.75, 3.05) is 20.1 Å². The van der Waals surface area contributed by atoms with Crippen molar-refractivity contribution in [1.82, 2.24) is 10.2 Å². The lowest BCUT2D eigenvalue weighted by Gasteiger charge is -2.38. The van der Waals surface area contributed by atoms with Crippen LogP contribution in [0.4, 0.5) is 0 Å². The molecule has 1 N–H and O–H groups in total. The molecule has 16 heavy (non-hydrogen) atoms. The molecule has 2 heteroatoms. The number of nitrogens with one attached hydrogen (secondary N) is 1. The molecular weight excluding hydrogens is 196 g/mol. The molecule has 0 amide bonds. The Morgan fingerprint density at radius 2 is 1.75 bits per heavy atom. The van der Waals surface area contributed by atoms with Crippen molar-refractivity contribution in [2.45, 2.75) is 64.0 Å². The van der Waals surface area contributed by atoms with Crippen LogP contribution in [0.1, 0.15) is 51.9 Å². The van der Waals surface area contributed by atoms with E-state index in [2.05, 4.69) is 24.2 Å². The van der Waals surface area contributed by atoms with Crippen LogP contribution in [0.5, 0.6) is 0 Å². The van der Waals surface area contributed by atoms with Crippen molar-refractivity contribution in [1.29, 1.82) is 0 Å². The van der Waals surface area contributed by atoms with Crippen LogP contribution in [0, 0.1) is 5.92 Å². The molecule has 2 fully saturated rings. The highest BCUT2D eigenvalue weighted by Crippen LogP contribution is 2.29. The molecule has 1 saturated carbocycles. The first-order valence-corrected chi connectivity index (χ1v) is 7.20. The largest absolute Gasteiger partial charge is 0.317 e. The zero-order chi connectivity index (χ0) is 11.4. The third kappa shape index (κ3) is 3.21. The number of hydrogen-bond acceptors (Lipinski definition) is 2. The van der Waals surface area contributed by atoms with Crippen molar-refractivity contribution >= 4 is 0 Å². The van der Waals surface area contributed by atoms with Gasteiger partial charge in [0.25, 0.3) is 0 Å². The minimum atomic E-state index is 0.838. The van der Waals surface area contributed by atoms with E-state index in [-0.39, 0.29) is 0 Å². The molecule has 1 aliphatic heterocycles. The van der Waals surface area contributed by atoms with Gasteiger partial charge in [-0.15, -0.1) is 0 Å². The van der Waals surface area contributed by atoms with E-state index in [1.54, 1.807) is 0 Å². The number of rotatable bonds is 2. The summed E-state index contributed by atoms with van der Waals surface area (Å²) in [4.78, 5) is 2.71. The van der Waals surface area contributed by atoms with Gasteiger partial charge in [-0.2, -0.15) is 0 Å². The highest BCUT2D eigenvalue weighted by Gasteiger charge is 2.27. The third-order valence-corrected chi connectivity index (χ3v) is 4.61. The number of hydrogen-bond donors (Lipinski definition) is 1. The Morgan fingerprint density at radius 1 is 0.938 bits per heavy atom. The molecule has 2 aliphatic rings. The molecule has 2 rings (SSSR count). The van der Waals surface area contributed by atoms with Crippen LogP contribution in [-0.2, 0) is 0 Å². The Hall–Kier alpha value is -0.0800. The first kappa shape index (κ1) is 12.4. The Balaban J connectivity index is 1.86. The molecule has 94 valence electrons. The summed E-state index contributed by atoms with van der Waals surface area (Å²) in [5.41, 5.74) is 0. The van der Waals surface area contributed by atoms with Crippen molar-refractivity contribution in [2.24, 2.45) is 5.92 Å². The van der Waals surface area contributed by atoms with Crippen molar-refractivity contribution in [3.8, 4) is 0 Å². The predicted octanol–water partition coefficient (Wildman–Crippen LogP) is 2.64. The summed E-state index contributed by atoms with van der Waals surface area (Å²) in [6.07, 6.45) is 9.87. The summed E-state index contributed by atoms with van der Waals surface area (Å²) in [5, 5.41) is 3.52. The van der Waals surface area contributed by atoms with Gasteiger partial charge >= 0.3 is 0 Å². The van der Waals surface area contributed by atoms with E-state index in [1.807, 2.05) is 0 Å². The maximum Gasteiger partial charge on any atom is 0.0108 e. The Morgan fingerprint density at radius 3 is 2.56 bits per heavy atom. The second-order valence-electron chi connectivity index (χ2n) is 5.93. The smallest absolute Gasteiger partial charge is 0.0108 e. The minimum Gasteiger partial charge on any atom is -0.317 e. The third-order valence-electron chi connectivity index (χ3n) is 4.61. The van der Waals surface area contributed by atoms with E-state index >= 15 is 0 Å². The second-order valence-corrected chi connectivity index (χ2v) is 5.93. The van der Waals surface area contributed by atoms with Gasteiger partial charge in [-0.1, -0.05) is 19.8 Å².